The van der Waals surface area contributed by atoms with Gasteiger partial charge in [-0.3, -0.25) is 0 Å². The molecule has 7 rings (SSSR count). The molecule has 7 nitrogen and oxygen atoms in total. The van der Waals surface area contributed by atoms with E-state index < -0.39 is 0 Å². The molecule has 1 aliphatic carbocycles. The first-order valence-corrected chi connectivity index (χ1v) is 15.3. The van der Waals surface area contributed by atoms with Gasteiger partial charge < -0.3 is 25.3 Å². The van der Waals surface area contributed by atoms with E-state index in [1.807, 2.05) is 0 Å². The van der Waals surface area contributed by atoms with E-state index in [0.717, 1.165) is 71.0 Å². The molecule has 0 bridgehead atoms. The topological polar surface area (TPSA) is 90.7 Å². The molecule has 0 amide bonds. The maximum atomic E-state index is 6.38. The smallest absolute Gasteiger partial charge is 0.128 e. The normalized spacial score (nSPS) is 16.0. The Balaban J connectivity index is 1.21. The van der Waals surface area contributed by atoms with Crippen molar-refractivity contribution in [3.63, 3.8) is 0 Å². The number of fused-ring (bicyclic) bond motifs is 6. The van der Waals surface area contributed by atoms with Gasteiger partial charge in [0, 0.05) is 40.2 Å². The van der Waals surface area contributed by atoms with Crippen molar-refractivity contribution in [2.24, 2.45) is 0 Å². The van der Waals surface area contributed by atoms with Crippen LogP contribution in [0.3, 0.4) is 0 Å². The van der Waals surface area contributed by atoms with E-state index in [9.17, 15) is 0 Å². The highest BCUT2D eigenvalue weighted by molar-refractivity contribution is 6.07. The molecular formula is C34H40N6O. The van der Waals surface area contributed by atoms with Crippen LogP contribution in [-0.4, -0.2) is 32.0 Å². The van der Waals surface area contributed by atoms with Crippen LogP contribution in [0.15, 0.2) is 42.5 Å². The molecule has 1 aliphatic heterocycles. The Morgan fingerprint density at radius 1 is 0.878 bits per heavy atom. The van der Waals surface area contributed by atoms with E-state index >= 15 is 0 Å². The van der Waals surface area contributed by atoms with Crippen molar-refractivity contribution >= 4 is 21.8 Å². The SMILES string of the molecule is CC[C@H](C)NCc1nc(-c2ccc3c(c2)COc2cc4c(ccc5[nH]c(CN[C@@H](C)CC)nc54)cc2-3)c(C2CC2)[nH]1. The van der Waals surface area contributed by atoms with Crippen LogP contribution in [0.2, 0.25) is 0 Å². The summed E-state index contributed by atoms with van der Waals surface area (Å²) in [4.78, 5) is 17.2. The number of aromatic nitrogens is 4. The molecule has 1 fully saturated rings. The Morgan fingerprint density at radius 3 is 2.37 bits per heavy atom. The van der Waals surface area contributed by atoms with E-state index in [0.29, 0.717) is 24.6 Å². The Kier molecular flexibility index (Phi) is 6.79. The lowest BCUT2D eigenvalue weighted by molar-refractivity contribution is 0.303. The van der Waals surface area contributed by atoms with E-state index in [4.69, 9.17) is 14.7 Å². The fourth-order valence-electron chi connectivity index (χ4n) is 5.81. The minimum absolute atomic E-state index is 0.461. The molecule has 7 heteroatoms. The molecule has 1 saturated carbocycles. The lowest BCUT2D eigenvalue weighted by Gasteiger charge is -2.22. The molecule has 41 heavy (non-hydrogen) atoms. The van der Waals surface area contributed by atoms with Crippen molar-refractivity contribution in [3.05, 3.63) is 65.4 Å². The maximum absolute atomic E-state index is 6.38. The molecule has 0 radical (unpaired) electrons. The van der Waals surface area contributed by atoms with Crippen LogP contribution in [-0.2, 0) is 19.7 Å². The van der Waals surface area contributed by atoms with Gasteiger partial charge in [0.15, 0.2) is 0 Å². The number of H-pyrrole nitrogens is 2. The van der Waals surface area contributed by atoms with Gasteiger partial charge in [-0.2, -0.15) is 0 Å². The minimum Gasteiger partial charge on any atom is -0.488 e. The quantitative estimate of drug-likeness (QED) is 0.147. The fourth-order valence-corrected chi connectivity index (χ4v) is 5.81. The van der Waals surface area contributed by atoms with Gasteiger partial charge in [-0.05, 0) is 80.3 Å². The molecule has 2 aromatic heterocycles. The zero-order valence-corrected chi connectivity index (χ0v) is 24.5. The largest absolute Gasteiger partial charge is 0.488 e. The summed E-state index contributed by atoms with van der Waals surface area (Å²) in [5.74, 6) is 3.51. The third kappa shape index (κ3) is 5.02. The van der Waals surface area contributed by atoms with Gasteiger partial charge in [0.25, 0.3) is 0 Å². The fraction of sp³-hybridized carbons (Fsp3) is 0.412. The lowest BCUT2D eigenvalue weighted by atomic mass is 9.92. The van der Waals surface area contributed by atoms with E-state index in [-0.39, 0.29) is 0 Å². The summed E-state index contributed by atoms with van der Waals surface area (Å²) in [6.45, 7) is 10.9. The second kappa shape index (κ2) is 10.6. The summed E-state index contributed by atoms with van der Waals surface area (Å²) < 4.78 is 6.38. The molecule has 4 N–H and O–H groups in total. The second-order valence-corrected chi connectivity index (χ2v) is 12.0. The van der Waals surface area contributed by atoms with E-state index in [2.05, 4.69) is 90.8 Å². The van der Waals surface area contributed by atoms with Gasteiger partial charge in [0.2, 0.25) is 0 Å². The van der Waals surface area contributed by atoms with Gasteiger partial charge in [0.1, 0.15) is 24.0 Å². The highest BCUT2D eigenvalue weighted by Gasteiger charge is 2.30. The van der Waals surface area contributed by atoms with Crippen LogP contribution in [0.25, 0.3) is 44.2 Å². The molecule has 5 aromatic rings. The van der Waals surface area contributed by atoms with Crippen LogP contribution >= 0.6 is 0 Å². The van der Waals surface area contributed by atoms with Crippen LogP contribution in [0.4, 0.5) is 0 Å². The first-order chi connectivity index (χ1) is 20.0. The zero-order chi connectivity index (χ0) is 28.1. The highest BCUT2D eigenvalue weighted by atomic mass is 16.5. The third-order valence-electron chi connectivity index (χ3n) is 8.90. The summed E-state index contributed by atoms with van der Waals surface area (Å²) in [7, 11) is 0. The Morgan fingerprint density at radius 2 is 1.63 bits per heavy atom. The van der Waals surface area contributed by atoms with Crippen molar-refractivity contribution in [3.8, 4) is 28.1 Å². The summed E-state index contributed by atoms with van der Waals surface area (Å²) in [5.41, 5.74) is 9.19. The van der Waals surface area contributed by atoms with Crippen molar-refractivity contribution < 1.29 is 4.74 Å². The molecule has 3 heterocycles. The average molecular weight is 549 g/mol. The standard InChI is InChI=1S/C34H40N6O/c1-5-19(3)35-16-30-37-28-12-10-22-14-27-25-11-9-23(13-24(25)18-41-29(27)15-26(22)34(28)40-30)33-32(21-7-8-21)38-31(39-33)17-36-20(4)6-2/h9-15,19-21,35-36H,5-8,16-18H2,1-4H3,(H,37,40)(H,38,39)/t19-,20-/m0/s1. The Hall–Kier alpha value is -3.68. The summed E-state index contributed by atoms with van der Waals surface area (Å²) in [5, 5.41) is 9.41. The van der Waals surface area contributed by atoms with Gasteiger partial charge >= 0.3 is 0 Å². The Bertz CT molecular complexity index is 1730. The molecule has 0 spiro atoms. The number of rotatable bonds is 10. The molecule has 0 unspecified atom stereocenters. The number of hydrogen-bond donors (Lipinski definition) is 4. The number of aromatic amines is 2. The molecule has 2 aliphatic rings. The zero-order valence-electron chi connectivity index (χ0n) is 24.5. The highest BCUT2D eigenvalue weighted by Crippen LogP contribution is 2.45. The van der Waals surface area contributed by atoms with Gasteiger partial charge in [-0.1, -0.05) is 32.0 Å². The number of imidazole rings is 2. The van der Waals surface area contributed by atoms with Crippen LogP contribution in [0.5, 0.6) is 5.75 Å². The van der Waals surface area contributed by atoms with E-state index in [1.54, 1.807) is 0 Å². The number of hydrogen-bond acceptors (Lipinski definition) is 5. The molecule has 3 aromatic carbocycles. The number of ether oxygens (including phenoxy) is 1. The van der Waals surface area contributed by atoms with Crippen LogP contribution in [0.1, 0.15) is 82.2 Å². The lowest BCUT2D eigenvalue weighted by Crippen LogP contribution is -2.24. The van der Waals surface area contributed by atoms with Crippen molar-refractivity contribution in [2.75, 3.05) is 0 Å². The van der Waals surface area contributed by atoms with E-state index in [1.165, 1.54) is 40.6 Å². The van der Waals surface area contributed by atoms with Gasteiger partial charge in [0.05, 0.1) is 29.8 Å². The monoisotopic (exact) mass is 548 g/mol. The van der Waals surface area contributed by atoms with Crippen molar-refractivity contribution in [1.82, 2.24) is 30.6 Å². The predicted octanol–water partition coefficient (Wildman–Crippen LogP) is 7.32. The molecule has 0 saturated heterocycles. The summed E-state index contributed by atoms with van der Waals surface area (Å²) in [6, 6.07) is 16.5. The first-order valence-electron chi connectivity index (χ1n) is 15.3. The third-order valence-corrected chi connectivity index (χ3v) is 8.90. The summed E-state index contributed by atoms with van der Waals surface area (Å²) in [6.07, 6.45) is 4.67. The number of nitrogens with zero attached hydrogens (tertiary/aromatic N) is 2. The van der Waals surface area contributed by atoms with Gasteiger partial charge in [-0.15, -0.1) is 0 Å². The molecule has 212 valence electrons. The second-order valence-electron chi connectivity index (χ2n) is 12.0. The minimum atomic E-state index is 0.461. The van der Waals surface area contributed by atoms with Crippen molar-refractivity contribution in [2.45, 2.75) is 91.1 Å². The molecular weight excluding hydrogens is 508 g/mol. The maximum Gasteiger partial charge on any atom is 0.128 e. The van der Waals surface area contributed by atoms with Crippen LogP contribution < -0.4 is 15.4 Å². The summed E-state index contributed by atoms with van der Waals surface area (Å²) >= 11 is 0. The van der Waals surface area contributed by atoms with Gasteiger partial charge in [-0.25, -0.2) is 9.97 Å². The predicted molar refractivity (Wildman–Crippen MR) is 166 cm³/mol. The average Bonchev–Trinajstić information content (AvgIpc) is 3.61. The Labute approximate surface area is 241 Å². The van der Waals surface area contributed by atoms with Crippen LogP contribution in [0, 0.1) is 0 Å². The van der Waals surface area contributed by atoms with Crippen molar-refractivity contribution in [1.29, 1.82) is 0 Å². The molecule has 2 atom stereocenters. The first kappa shape index (κ1) is 26.2. The number of benzene rings is 3. The number of nitrogens with one attached hydrogen (secondary N) is 4.